The quantitative estimate of drug-likeness (QED) is 0.774. The van der Waals surface area contributed by atoms with Crippen LogP contribution in [-0.4, -0.2) is 14.3 Å². The first-order valence-corrected chi connectivity index (χ1v) is 9.69. The third-order valence-electron chi connectivity index (χ3n) is 3.76. The van der Waals surface area contributed by atoms with Gasteiger partial charge in [0.2, 0.25) is 5.91 Å². The topological polar surface area (TPSA) is 54.5 Å². The SMILES string of the molecule is Cc1ccc(C)c(N(C(=O)C(C)(C)C)S(=O)(=O)c2ccc(Cl)cc2)c1. The summed E-state index contributed by atoms with van der Waals surface area (Å²) in [4.78, 5) is 13.1. The zero-order valence-corrected chi connectivity index (χ0v) is 16.6. The number of aryl methyl sites for hydroxylation is 2. The van der Waals surface area contributed by atoms with Gasteiger partial charge in [0.25, 0.3) is 10.0 Å². The Bertz CT molecular complexity index is 897. The molecule has 0 heterocycles. The van der Waals surface area contributed by atoms with Crippen LogP contribution in [-0.2, 0) is 14.8 Å². The van der Waals surface area contributed by atoms with E-state index in [1.165, 1.54) is 24.3 Å². The van der Waals surface area contributed by atoms with Crippen LogP contribution in [0.3, 0.4) is 0 Å². The highest BCUT2D eigenvalue weighted by Gasteiger charge is 2.38. The maximum absolute atomic E-state index is 13.3. The monoisotopic (exact) mass is 379 g/mol. The van der Waals surface area contributed by atoms with E-state index in [0.29, 0.717) is 16.3 Å². The van der Waals surface area contributed by atoms with Crippen molar-refractivity contribution >= 4 is 33.2 Å². The van der Waals surface area contributed by atoms with Gasteiger partial charge in [0, 0.05) is 10.4 Å². The van der Waals surface area contributed by atoms with E-state index >= 15 is 0 Å². The summed E-state index contributed by atoms with van der Waals surface area (Å²) in [7, 11) is -4.07. The summed E-state index contributed by atoms with van der Waals surface area (Å²) < 4.78 is 27.4. The third kappa shape index (κ3) is 4.05. The smallest absolute Gasteiger partial charge is 0.270 e. The van der Waals surface area contributed by atoms with Gasteiger partial charge in [0.15, 0.2) is 0 Å². The van der Waals surface area contributed by atoms with Crippen LogP contribution in [0, 0.1) is 19.3 Å². The lowest BCUT2D eigenvalue weighted by Crippen LogP contribution is -2.44. The maximum atomic E-state index is 13.3. The number of halogens is 1. The van der Waals surface area contributed by atoms with Crippen molar-refractivity contribution in [1.29, 1.82) is 0 Å². The Morgan fingerprint density at radius 2 is 1.56 bits per heavy atom. The van der Waals surface area contributed by atoms with Gasteiger partial charge in [-0.25, -0.2) is 12.7 Å². The highest BCUT2D eigenvalue weighted by atomic mass is 35.5. The molecule has 2 aromatic rings. The molecule has 0 bridgehead atoms. The molecule has 2 aromatic carbocycles. The standard InChI is InChI=1S/C19H22ClNO3S/c1-13-6-7-14(2)17(12-13)21(18(22)19(3,4)5)25(23,24)16-10-8-15(20)9-11-16/h6-12H,1-5H3. The van der Waals surface area contributed by atoms with Crippen LogP contribution in [0.1, 0.15) is 31.9 Å². The van der Waals surface area contributed by atoms with Gasteiger partial charge in [0.1, 0.15) is 0 Å². The summed E-state index contributed by atoms with van der Waals surface area (Å²) in [6.07, 6.45) is 0. The molecular formula is C19H22ClNO3S. The van der Waals surface area contributed by atoms with Crippen LogP contribution in [0.15, 0.2) is 47.4 Å². The molecule has 0 N–H and O–H groups in total. The Kier molecular flexibility index (Phi) is 5.30. The van der Waals surface area contributed by atoms with E-state index in [1.807, 2.05) is 19.1 Å². The first-order chi connectivity index (χ1) is 11.4. The highest BCUT2D eigenvalue weighted by Crippen LogP contribution is 2.32. The number of rotatable bonds is 3. The van der Waals surface area contributed by atoms with Crippen LogP contribution in [0.25, 0.3) is 0 Å². The lowest BCUT2D eigenvalue weighted by molar-refractivity contribution is -0.124. The number of hydrogen-bond acceptors (Lipinski definition) is 3. The van der Waals surface area contributed by atoms with E-state index in [-0.39, 0.29) is 4.90 Å². The summed E-state index contributed by atoms with van der Waals surface area (Å²) in [6, 6.07) is 11.2. The van der Waals surface area contributed by atoms with E-state index < -0.39 is 21.3 Å². The van der Waals surface area contributed by atoms with Crippen LogP contribution < -0.4 is 4.31 Å². The Morgan fingerprint density at radius 3 is 2.08 bits per heavy atom. The zero-order valence-electron chi connectivity index (χ0n) is 15.0. The number of carbonyl (C=O) groups is 1. The van der Waals surface area contributed by atoms with Gasteiger partial charge in [-0.15, -0.1) is 0 Å². The van der Waals surface area contributed by atoms with Gasteiger partial charge in [-0.05, 0) is 55.3 Å². The number of anilines is 1. The predicted molar refractivity (Wildman–Crippen MR) is 101 cm³/mol. The van der Waals surface area contributed by atoms with Crippen molar-refractivity contribution in [1.82, 2.24) is 0 Å². The number of carbonyl (C=O) groups excluding carboxylic acids is 1. The molecule has 134 valence electrons. The fourth-order valence-electron chi connectivity index (χ4n) is 2.30. The van der Waals surface area contributed by atoms with Gasteiger partial charge in [-0.2, -0.15) is 0 Å². The van der Waals surface area contributed by atoms with Gasteiger partial charge >= 0.3 is 0 Å². The van der Waals surface area contributed by atoms with E-state index in [2.05, 4.69) is 0 Å². The number of benzene rings is 2. The van der Waals surface area contributed by atoms with Gasteiger partial charge < -0.3 is 0 Å². The molecule has 0 atom stereocenters. The van der Waals surface area contributed by atoms with Crippen molar-refractivity contribution in [2.24, 2.45) is 5.41 Å². The molecule has 2 rings (SSSR count). The Hall–Kier alpha value is -1.85. The summed E-state index contributed by atoms with van der Waals surface area (Å²) in [5, 5.41) is 0.430. The second kappa shape index (κ2) is 6.81. The maximum Gasteiger partial charge on any atom is 0.270 e. The fraction of sp³-hybridized carbons (Fsp3) is 0.316. The van der Waals surface area contributed by atoms with Gasteiger partial charge in [-0.1, -0.05) is 44.5 Å². The number of hydrogen-bond donors (Lipinski definition) is 0. The van der Waals surface area contributed by atoms with Crippen molar-refractivity contribution in [2.45, 2.75) is 39.5 Å². The fourth-order valence-corrected chi connectivity index (χ4v) is 4.07. The Labute approximate surface area is 154 Å². The summed E-state index contributed by atoms with van der Waals surface area (Å²) in [5.74, 6) is -0.490. The molecule has 0 aliphatic heterocycles. The Balaban J connectivity index is 2.73. The minimum absolute atomic E-state index is 0.0235. The number of amides is 1. The van der Waals surface area contributed by atoms with Crippen LogP contribution >= 0.6 is 11.6 Å². The van der Waals surface area contributed by atoms with E-state index in [1.54, 1.807) is 33.8 Å². The van der Waals surface area contributed by atoms with Crippen molar-refractivity contribution in [3.05, 3.63) is 58.6 Å². The molecule has 0 fully saturated rings. The van der Waals surface area contributed by atoms with Crippen LogP contribution in [0.2, 0.25) is 5.02 Å². The minimum atomic E-state index is -4.07. The van der Waals surface area contributed by atoms with E-state index in [4.69, 9.17) is 11.6 Å². The van der Waals surface area contributed by atoms with E-state index in [9.17, 15) is 13.2 Å². The normalized spacial score (nSPS) is 12.1. The Morgan fingerprint density at radius 1 is 1.00 bits per heavy atom. The van der Waals surface area contributed by atoms with Crippen molar-refractivity contribution in [3.63, 3.8) is 0 Å². The highest BCUT2D eigenvalue weighted by molar-refractivity contribution is 7.93. The van der Waals surface area contributed by atoms with Gasteiger partial charge in [0.05, 0.1) is 10.6 Å². The average molecular weight is 380 g/mol. The third-order valence-corrected chi connectivity index (χ3v) is 5.72. The lowest BCUT2D eigenvalue weighted by Gasteiger charge is -2.30. The predicted octanol–water partition coefficient (Wildman–Crippen LogP) is 4.72. The molecule has 4 nitrogen and oxygen atoms in total. The van der Waals surface area contributed by atoms with Crippen LogP contribution in [0.4, 0.5) is 5.69 Å². The second-order valence-corrected chi connectivity index (χ2v) is 9.29. The second-order valence-electron chi connectivity index (χ2n) is 7.07. The van der Waals surface area contributed by atoms with Crippen molar-refractivity contribution in [3.8, 4) is 0 Å². The van der Waals surface area contributed by atoms with Crippen LogP contribution in [0.5, 0.6) is 0 Å². The van der Waals surface area contributed by atoms with Gasteiger partial charge in [-0.3, -0.25) is 4.79 Å². The summed E-state index contributed by atoms with van der Waals surface area (Å²) in [5.41, 5.74) is 1.09. The molecule has 25 heavy (non-hydrogen) atoms. The van der Waals surface area contributed by atoms with Crippen molar-refractivity contribution in [2.75, 3.05) is 4.31 Å². The molecule has 0 unspecified atom stereocenters. The number of nitrogens with zero attached hydrogens (tertiary/aromatic N) is 1. The molecular weight excluding hydrogens is 358 g/mol. The molecule has 0 saturated heterocycles. The molecule has 0 aliphatic rings. The first-order valence-electron chi connectivity index (χ1n) is 7.87. The molecule has 0 aliphatic carbocycles. The minimum Gasteiger partial charge on any atom is -0.273 e. The lowest BCUT2D eigenvalue weighted by atomic mass is 9.95. The first kappa shape index (κ1) is 19.5. The average Bonchev–Trinajstić information content (AvgIpc) is 2.50. The molecule has 6 heteroatoms. The molecule has 0 aromatic heterocycles. The molecule has 1 amide bonds. The van der Waals surface area contributed by atoms with Crippen molar-refractivity contribution < 1.29 is 13.2 Å². The largest absolute Gasteiger partial charge is 0.273 e. The zero-order chi connectivity index (χ0) is 19.0. The molecule has 0 saturated carbocycles. The summed E-state index contributed by atoms with van der Waals surface area (Å²) >= 11 is 5.86. The number of sulfonamides is 1. The summed E-state index contributed by atoms with van der Waals surface area (Å²) in [6.45, 7) is 8.74. The molecule has 0 radical (unpaired) electrons. The molecule has 0 spiro atoms. The van der Waals surface area contributed by atoms with E-state index in [0.717, 1.165) is 9.87 Å².